The average molecular weight is 1430 g/mol. The van der Waals surface area contributed by atoms with Gasteiger partial charge in [0.1, 0.15) is 58.5 Å². The molecule has 4 N–H and O–H groups in total. The van der Waals surface area contributed by atoms with E-state index in [4.69, 9.17) is 39.5 Å². The van der Waals surface area contributed by atoms with Crippen LogP contribution in [0.15, 0.2) is 91.0 Å². The van der Waals surface area contributed by atoms with Crippen LogP contribution in [0.25, 0.3) is 0 Å². The van der Waals surface area contributed by atoms with Crippen molar-refractivity contribution in [2.45, 2.75) is 144 Å². The fraction of sp³-hybridized carbons (Fsp3) is 0.492. The van der Waals surface area contributed by atoms with Gasteiger partial charge in [-0.15, -0.1) is 23.2 Å². The van der Waals surface area contributed by atoms with Crippen molar-refractivity contribution in [2.75, 3.05) is 68.3 Å². The highest BCUT2D eigenvalue weighted by atomic mass is 35.5. The van der Waals surface area contributed by atoms with Gasteiger partial charge in [-0.1, -0.05) is 18.2 Å². The van der Waals surface area contributed by atoms with Gasteiger partial charge >= 0.3 is 12.4 Å². The third-order valence-corrected chi connectivity index (χ3v) is 17.8. The Balaban J connectivity index is 0.000000212. The van der Waals surface area contributed by atoms with Crippen molar-refractivity contribution in [3.05, 3.63) is 174 Å². The summed E-state index contributed by atoms with van der Waals surface area (Å²) in [5.74, 6) is -3.31. The van der Waals surface area contributed by atoms with Crippen molar-refractivity contribution in [3.8, 4) is 0 Å². The maximum absolute atomic E-state index is 14.1. The quantitative estimate of drug-likeness (QED) is 0.0269. The number of nitrogens with zero attached hydrogens (tertiary/aromatic N) is 4. The number of nitrogens with one attached hydrogen (secondary N) is 3. The molecule has 0 radical (unpaired) electrons. The van der Waals surface area contributed by atoms with Gasteiger partial charge in [-0.3, -0.25) is 34.6 Å². The van der Waals surface area contributed by atoms with E-state index in [1.54, 1.807) is 15.9 Å². The van der Waals surface area contributed by atoms with Gasteiger partial charge in [0.05, 0.1) is 27.9 Å². The SMILES string of the molecule is Fc1ccc(C2CCNCC2)c(F)c1.O=C(CCl)N1CCC(c2ccc(F)cc2F)CC1.O=C(COC1CCC(Nc2ccc([N+](=O)[O-])c(C(F)(F)F)c2)CC1)N1CCC(c2ccc(F)cc2F)CC1.O=C(Cl)CCl.O=[N+]([O-])c1ccc(NC2CCC(O)CC2)cc1C(F)(F)F. The summed E-state index contributed by atoms with van der Waals surface area (Å²) in [6, 6.07) is 16.7. The van der Waals surface area contributed by atoms with Gasteiger partial charge in [0, 0.05) is 80.0 Å². The van der Waals surface area contributed by atoms with Gasteiger partial charge in [-0.2, -0.15) is 26.3 Å². The third-order valence-electron chi connectivity index (χ3n) is 17.0. The zero-order chi connectivity index (χ0) is 70.4. The first-order valence-electron chi connectivity index (χ1n) is 30.9. The first-order chi connectivity index (χ1) is 45.4. The molecule has 10 rings (SSSR count). The van der Waals surface area contributed by atoms with Gasteiger partial charge in [0.15, 0.2) is 0 Å². The van der Waals surface area contributed by atoms with E-state index in [0.717, 1.165) is 68.4 Å². The molecule has 31 heteroatoms. The van der Waals surface area contributed by atoms with Crippen LogP contribution in [0, 0.1) is 55.1 Å². The molecule has 5 aliphatic rings. The number of ether oxygens (including phenoxy) is 1. The van der Waals surface area contributed by atoms with E-state index in [0.29, 0.717) is 120 Å². The fourth-order valence-electron chi connectivity index (χ4n) is 12.0. The summed E-state index contributed by atoms with van der Waals surface area (Å²) < 4.78 is 164. The summed E-state index contributed by atoms with van der Waals surface area (Å²) in [4.78, 5) is 56.3. The van der Waals surface area contributed by atoms with Gasteiger partial charge in [-0.05, 0) is 191 Å². The molecule has 16 nitrogen and oxygen atoms in total. The maximum atomic E-state index is 14.1. The molecule has 3 heterocycles. The van der Waals surface area contributed by atoms with Crippen LogP contribution < -0.4 is 16.0 Å². The molecular formula is C65H72Cl3F12N7O9. The number of aliphatic hydroxyl groups is 1. The van der Waals surface area contributed by atoms with Crippen molar-refractivity contribution >= 4 is 74.6 Å². The van der Waals surface area contributed by atoms with Crippen molar-refractivity contribution in [3.63, 3.8) is 0 Å². The molecule has 5 aromatic rings. The zero-order valence-corrected chi connectivity index (χ0v) is 53.9. The van der Waals surface area contributed by atoms with E-state index in [9.17, 15) is 92.4 Å². The summed E-state index contributed by atoms with van der Waals surface area (Å²) in [6.07, 6.45) is -0.838. The zero-order valence-electron chi connectivity index (χ0n) is 51.6. The Morgan fingerprint density at radius 2 is 0.875 bits per heavy atom. The highest BCUT2D eigenvalue weighted by molar-refractivity contribution is 6.67. The third kappa shape index (κ3) is 24.2. The fourth-order valence-corrected chi connectivity index (χ4v) is 12.1. The minimum absolute atomic E-state index is 0.0183. The number of aliphatic hydroxyl groups excluding tert-OH is 1. The van der Waals surface area contributed by atoms with E-state index >= 15 is 0 Å². The number of halogens is 15. The van der Waals surface area contributed by atoms with Gasteiger partial charge in [0.25, 0.3) is 11.4 Å². The van der Waals surface area contributed by atoms with E-state index in [2.05, 4.69) is 16.0 Å². The highest BCUT2D eigenvalue weighted by Crippen LogP contribution is 2.41. The number of likely N-dealkylation sites (tertiary alicyclic amines) is 2. The van der Waals surface area contributed by atoms with Crippen LogP contribution in [0.1, 0.15) is 135 Å². The number of hydrogen-bond acceptors (Lipinski definition) is 12. The van der Waals surface area contributed by atoms with Crippen LogP contribution in [0.2, 0.25) is 0 Å². The number of hydrogen-bond donors (Lipinski definition) is 4. The highest BCUT2D eigenvalue weighted by Gasteiger charge is 2.40. The molecule has 96 heavy (non-hydrogen) atoms. The van der Waals surface area contributed by atoms with Crippen LogP contribution in [0.5, 0.6) is 0 Å². The molecule has 3 saturated heterocycles. The molecule has 0 spiro atoms. The Hall–Kier alpha value is -6.98. The van der Waals surface area contributed by atoms with Gasteiger partial charge in [0.2, 0.25) is 17.1 Å². The van der Waals surface area contributed by atoms with E-state index in [1.807, 2.05) is 0 Å². The Kier molecular flexibility index (Phi) is 30.2. The Bertz CT molecular complexity index is 3400. The summed E-state index contributed by atoms with van der Waals surface area (Å²) in [7, 11) is 0. The number of carbonyl (C=O) groups is 3. The van der Waals surface area contributed by atoms with Gasteiger partial charge < -0.3 is 35.6 Å². The smallest absolute Gasteiger partial charge is 0.393 e. The molecule has 0 aromatic heterocycles. The number of nitro benzene ring substituents is 2. The van der Waals surface area contributed by atoms with Crippen LogP contribution in [0.3, 0.4) is 0 Å². The largest absolute Gasteiger partial charge is 0.423 e. The Morgan fingerprint density at radius 3 is 1.21 bits per heavy atom. The molecule has 2 aliphatic carbocycles. The summed E-state index contributed by atoms with van der Waals surface area (Å²) >= 11 is 15.0. The lowest BCUT2D eigenvalue weighted by Gasteiger charge is -2.33. The van der Waals surface area contributed by atoms with Crippen molar-refractivity contribution in [2.24, 2.45) is 0 Å². The molecule has 0 bridgehead atoms. The second-order valence-corrected chi connectivity index (χ2v) is 24.5. The average Bonchev–Trinajstić information content (AvgIpc) is 0.853. The molecule has 5 aromatic carbocycles. The minimum Gasteiger partial charge on any atom is -0.393 e. The second kappa shape index (κ2) is 37.1. The molecule has 3 aliphatic heterocycles. The van der Waals surface area contributed by atoms with E-state index in [-0.39, 0.29) is 83.6 Å². The number of benzene rings is 5. The normalized spacial score (nSPS) is 19.5. The number of anilines is 2. The lowest BCUT2D eigenvalue weighted by molar-refractivity contribution is -0.388. The number of alkyl halides is 8. The monoisotopic (exact) mass is 1430 g/mol. The Labute approximate surface area is 560 Å². The van der Waals surface area contributed by atoms with Crippen molar-refractivity contribution in [1.29, 1.82) is 0 Å². The number of piperidine rings is 3. The van der Waals surface area contributed by atoms with Crippen LogP contribution >= 0.6 is 34.8 Å². The van der Waals surface area contributed by atoms with E-state index < -0.39 is 84.8 Å². The molecule has 0 atom stereocenters. The lowest BCUT2D eigenvalue weighted by atomic mass is 9.89. The maximum Gasteiger partial charge on any atom is 0.423 e. The van der Waals surface area contributed by atoms with Crippen LogP contribution in [-0.2, 0) is 31.5 Å². The summed E-state index contributed by atoms with van der Waals surface area (Å²) in [5.41, 5.74) is -2.47. The molecule has 2 saturated carbocycles. The van der Waals surface area contributed by atoms with Crippen LogP contribution in [-0.4, -0.2) is 124 Å². The lowest BCUT2D eigenvalue weighted by Crippen LogP contribution is -2.41. The molecule has 0 unspecified atom stereocenters. The minimum atomic E-state index is -4.84. The van der Waals surface area contributed by atoms with Crippen molar-refractivity contribution < 1.29 is 86.8 Å². The number of nitro groups is 2. The second-order valence-electron chi connectivity index (χ2n) is 23.5. The summed E-state index contributed by atoms with van der Waals surface area (Å²) in [5, 5.41) is 39.7. The molecule has 5 fully saturated rings. The number of amides is 2. The predicted molar refractivity (Wildman–Crippen MR) is 337 cm³/mol. The van der Waals surface area contributed by atoms with Crippen molar-refractivity contribution in [1.82, 2.24) is 15.1 Å². The summed E-state index contributed by atoms with van der Waals surface area (Å²) in [6.45, 7) is 3.81. The van der Waals surface area contributed by atoms with Gasteiger partial charge in [-0.25, -0.2) is 26.3 Å². The first-order valence-corrected chi connectivity index (χ1v) is 32.3. The Morgan fingerprint density at radius 1 is 0.521 bits per heavy atom. The molecule has 2 amide bonds. The standard InChI is InChI=1S/C26H28F5N3O4.C13H14ClF2NO.C13H15F3N2O3.C11H13F2N.C2H2Cl2O/c27-17-1-7-21(23(28)13-17)16-9-11-33(12-10-16)25(35)15-38-20-5-2-18(3-6-20)32-19-4-8-24(34(36)37)22(14-19)26(29,30)31;14-8-13(18)17-5-3-9(4-6-17)11-2-1-10(15)7-12(11)16;14-13(15,16)11-7-9(3-6-12(11)18(20)21)17-8-1-4-10(19)5-2-8;12-9-1-2-10(11(13)7-9)8-3-5-14-6-4-8;3-1-2(4)5/h1,4,7-8,13-14,16,18,20,32H,2-3,5-6,9-12,15H2;1-2,7,9H,3-6,8H2;3,6-8,10,17,19H,1-2,4-5H2;1-2,7-8,14H,3-6H2;1H2. The molecular weight excluding hydrogens is 1360 g/mol. The predicted octanol–water partition coefficient (Wildman–Crippen LogP) is 15.7. The van der Waals surface area contributed by atoms with Crippen LogP contribution in [0.4, 0.5) is 75.4 Å². The van der Waals surface area contributed by atoms with E-state index in [1.165, 1.54) is 42.5 Å². The topological polar surface area (TPSA) is 210 Å². The number of carbonyl (C=O) groups excluding carboxylic acids is 3. The first kappa shape index (κ1) is 78.0. The number of rotatable bonds is 14. The molecule has 526 valence electrons.